The molecule has 1 heterocycles. The molecular weight excluding hydrogens is 300 g/mol. The molecule has 1 aromatic rings. The Hall–Kier alpha value is -2.41. The first kappa shape index (κ1) is 16.4. The third kappa shape index (κ3) is 2.75. The topological polar surface area (TPSA) is 61.2 Å². The molecule has 3 rings (SSSR count). The van der Waals surface area contributed by atoms with Crippen LogP contribution in [0.25, 0.3) is 0 Å². The van der Waals surface area contributed by atoms with Gasteiger partial charge in [0.05, 0.1) is 6.07 Å². The van der Waals surface area contributed by atoms with E-state index in [1.807, 2.05) is 30.3 Å². The van der Waals surface area contributed by atoms with Crippen LogP contribution < -0.4 is 0 Å². The Balaban J connectivity index is 1.94. The normalized spacial score (nSPS) is 29.7. The average molecular weight is 322 g/mol. The number of ketones is 1. The molecule has 1 saturated heterocycles. The van der Waals surface area contributed by atoms with Gasteiger partial charge < -0.3 is 4.90 Å². The third-order valence-electron chi connectivity index (χ3n) is 5.45. The van der Waals surface area contributed by atoms with Crippen molar-refractivity contribution in [2.75, 3.05) is 6.54 Å². The van der Waals surface area contributed by atoms with Crippen LogP contribution in [0, 0.1) is 28.6 Å². The van der Waals surface area contributed by atoms with Gasteiger partial charge in [-0.05, 0) is 30.2 Å². The van der Waals surface area contributed by atoms with Gasteiger partial charge in [0.1, 0.15) is 11.2 Å². The molecule has 124 valence electrons. The minimum Gasteiger partial charge on any atom is -0.337 e. The zero-order chi connectivity index (χ0) is 17.2. The molecule has 0 aromatic heterocycles. The second-order valence-corrected chi connectivity index (χ2v) is 6.90. The molecule has 0 spiro atoms. The van der Waals surface area contributed by atoms with Gasteiger partial charge in [-0.15, -0.1) is 6.58 Å². The van der Waals surface area contributed by atoms with E-state index in [4.69, 9.17) is 0 Å². The van der Waals surface area contributed by atoms with Crippen LogP contribution in [0.4, 0.5) is 0 Å². The molecule has 2 fully saturated rings. The monoisotopic (exact) mass is 322 g/mol. The number of hydrogen-bond donors (Lipinski definition) is 0. The number of amides is 1. The molecule has 1 aromatic carbocycles. The molecule has 0 N–H and O–H groups in total. The molecule has 0 bridgehead atoms. The highest BCUT2D eigenvalue weighted by Crippen LogP contribution is 2.48. The van der Waals surface area contributed by atoms with Crippen molar-refractivity contribution in [1.82, 2.24) is 4.90 Å². The van der Waals surface area contributed by atoms with E-state index in [1.54, 1.807) is 11.0 Å². The van der Waals surface area contributed by atoms with Gasteiger partial charge in [-0.1, -0.05) is 36.4 Å². The standard InChI is InChI=1S/C20H22N2O2/c1-2-10-20(14-21)18-11-17(23)9-8-16(18)13-22(19(20)24)12-15-6-4-3-5-7-15/h2-7,16,18H,1,8-13H2/t16-,18-,20-/m1/s1. The maximum absolute atomic E-state index is 13.2. The first-order chi connectivity index (χ1) is 11.6. The number of benzene rings is 1. The predicted molar refractivity (Wildman–Crippen MR) is 90.6 cm³/mol. The van der Waals surface area contributed by atoms with E-state index in [0.29, 0.717) is 32.4 Å². The van der Waals surface area contributed by atoms with Crippen molar-refractivity contribution in [3.05, 3.63) is 48.6 Å². The molecule has 1 saturated carbocycles. The molecule has 1 aliphatic carbocycles. The molecule has 1 amide bonds. The van der Waals surface area contributed by atoms with Gasteiger partial charge in [0, 0.05) is 25.9 Å². The van der Waals surface area contributed by atoms with Crippen molar-refractivity contribution in [3.8, 4) is 6.07 Å². The second-order valence-electron chi connectivity index (χ2n) is 6.90. The number of Topliss-reactive ketones (excluding diaryl/α,β-unsaturated/α-hetero) is 1. The fourth-order valence-electron chi connectivity index (χ4n) is 4.25. The van der Waals surface area contributed by atoms with Gasteiger partial charge in [-0.3, -0.25) is 9.59 Å². The van der Waals surface area contributed by atoms with Crippen LogP contribution >= 0.6 is 0 Å². The van der Waals surface area contributed by atoms with E-state index in [1.165, 1.54) is 0 Å². The fraction of sp³-hybridized carbons (Fsp3) is 0.450. The Morgan fingerprint density at radius 1 is 1.33 bits per heavy atom. The molecule has 0 radical (unpaired) electrons. The third-order valence-corrected chi connectivity index (χ3v) is 5.45. The molecule has 4 heteroatoms. The lowest BCUT2D eigenvalue weighted by molar-refractivity contribution is -0.154. The molecule has 24 heavy (non-hydrogen) atoms. The maximum Gasteiger partial charge on any atom is 0.243 e. The van der Waals surface area contributed by atoms with Gasteiger partial charge in [0.25, 0.3) is 0 Å². The highest BCUT2D eigenvalue weighted by molar-refractivity contribution is 5.89. The van der Waals surface area contributed by atoms with Crippen molar-refractivity contribution in [3.63, 3.8) is 0 Å². The summed E-state index contributed by atoms with van der Waals surface area (Å²) in [5.74, 6) is 0.0546. The number of hydrogen-bond acceptors (Lipinski definition) is 3. The van der Waals surface area contributed by atoms with Gasteiger partial charge >= 0.3 is 0 Å². The van der Waals surface area contributed by atoms with Crippen LogP contribution in [0.2, 0.25) is 0 Å². The van der Waals surface area contributed by atoms with Crippen molar-refractivity contribution < 1.29 is 9.59 Å². The smallest absolute Gasteiger partial charge is 0.243 e. The summed E-state index contributed by atoms with van der Waals surface area (Å²) in [5.41, 5.74) is -0.0863. The summed E-state index contributed by atoms with van der Waals surface area (Å²) in [6, 6.07) is 12.1. The number of rotatable bonds is 4. The van der Waals surface area contributed by atoms with Gasteiger partial charge in [0.15, 0.2) is 0 Å². The molecule has 2 aliphatic rings. The second kappa shape index (κ2) is 6.60. The first-order valence-electron chi connectivity index (χ1n) is 8.48. The van der Waals surface area contributed by atoms with Crippen molar-refractivity contribution in [2.45, 2.75) is 32.2 Å². The largest absolute Gasteiger partial charge is 0.337 e. The van der Waals surface area contributed by atoms with Crippen LogP contribution in [0.3, 0.4) is 0 Å². The Bertz CT molecular complexity index is 691. The minimum atomic E-state index is -1.14. The summed E-state index contributed by atoms with van der Waals surface area (Å²) in [6.07, 6.45) is 3.62. The van der Waals surface area contributed by atoms with Crippen LogP contribution in [-0.2, 0) is 16.1 Å². The predicted octanol–water partition coefficient (Wildman–Crippen LogP) is 3.10. The summed E-state index contributed by atoms with van der Waals surface area (Å²) >= 11 is 0. The zero-order valence-electron chi connectivity index (χ0n) is 13.8. The number of piperidine rings is 1. The number of carbonyl (C=O) groups excluding carboxylic acids is 2. The Morgan fingerprint density at radius 2 is 2.08 bits per heavy atom. The quantitative estimate of drug-likeness (QED) is 0.800. The molecular formula is C20H22N2O2. The Labute approximate surface area is 142 Å². The molecule has 1 aliphatic heterocycles. The van der Waals surface area contributed by atoms with Gasteiger partial charge in [0.2, 0.25) is 5.91 Å². The van der Waals surface area contributed by atoms with Crippen molar-refractivity contribution in [1.29, 1.82) is 5.26 Å². The number of nitrogens with zero attached hydrogens (tertiary/aromatic N) is 2. The summed E-state index contributed by atoms with van der Waals surface area (Å²) < 4.78 is 0. The average Bonchev–Trinajstić information content (AvgIpc) is 2.60. The summed E-state index contributed by atoms with van der Waals surface area (Å²) in [7, 11) is 0. The SMILES string of the molecule is C=CC[C@]1(C#N)C(=O)N(Cc2ccccc2)C[C@H]2CCC(=O)C[C@H]21. The number of carbonyl (C=O) groups is 2. The van der Waals surface area contributed by atoms with Gasteiger partial charge in [-0.25, -0.2) is 0 Å². The fourth-order valence-corrected chi connectivity index (χ4v) is 4.25. The van der Waals surface area contributed by atoms with Crippen molar-refractivity contribution >= 4 is 11.7 Å². The highest BCUT2D eigenvalue weighted by Gasteiger charge is 2.55. The summed E-state index contributed by atoms with van der Waals surface area (Å²) in [6.45, 7) is 4.88. The highest BCUT2D eigenvalue weighted by atomic mass is 16.2. The summed E-state index contributed by atoms with van der Waals surface area (Å²) in [5, 5.41) is 9.90. The van der Waals surface area contributed by atoms with E-state index in [0.717, 1.165) is 12.0 Å². The van der Waals surface area contributed by atoms with Crippen LogP contribution in [0.15, 0.2) is 43.0 Å². The lowest BCUT2D eigenvalue weighted by atomic mass is 9.59. The number of fused-ring (bicyclic) bond motifs is 1. The molecule has 4 nitrogen and oxygen atoms in total. The minimum absolute atomic E-state index is 0.148. The number of likely N-dealkylation sites (tertiary alicyclic amines) is 1. The molecule has 3 atom stereocenters. The van der Waals surface area contributed by atoms with Crippen LogP contribution in [0.1, 0.15) is 31.2 Å². The lowest BCUT2D eigenvalue weighted by Gasteiger charge is -2.49. The lowest BCUT2D eigenvalue weighted by Crippen LogP contribution is -2.58. The zero-order valence-corrected chi connectivity index (χ0v) is 13.8. The van der Waals surface area contributed by atoms with Crippen LogP contribution in [0.5, 0.6) is 0 Å². The Kier molecular flexibility index (Phi) is 4.53. The van der Waals surface area contributed by atoms with Gasteiger partial charge in [-0.2, -0.15) is 5.26 Å². The van der Waals surface area contributed by atoms with Crippen molar-refractivity contribution in [2.24, 2.45) is 17.3 Å². The van der Waals surface area contributed by atoms with E-state index in [9.17, 15) is 14.9 Å². The maximum atomic E-state index is 13.2. The van der Waals surface area contributed by atoms with E-state index < -0.39 is 5.41 Å². The first-order valence-corrected chi connectivity index (χ1v) is 8.48. The van der Waals surface area contributed by atoms with E-state index >= 15 is 0 Å². The van der Waals surface area contributed by atoms with Crippen LogP contribution in [-0.4, -0.2) is 23.1 Å². The number of nitriles is 1. The Morgan fingerprint density at radius 3 is 2.75 bits per heavy atom. The van der Waals surface area contributed by atoms with E-state index in [2.05, 4.69) is 12.6 Å². The summed E-state index contributed by atoms with van der Waals surface area (Å²) in [4.78, 5) is 26.9. The molecule has 0 unspecified atom stereocenters. The van der Waals surface area contributed by atoms with E-state index in [-0.39, 0.29) is 23.5 Å². The number of allylic oxidation sites excluding steroid dienone is 1.